The van der Waals surface area contributed by atoms with Gasteiger partial charge in [0.1, 0.15) is 0 Å². The average molecular weight is 352 g/mol. The van der Waals surface area contributed by atoms with Crippen molar-refractivity contribution in [3.8, 4) is 11.3 Å². The number of halogens is 1. The van der Waals surface area contributed by atoms with Gasteiger partial charge in [0.05, 0.1) is 35.8 Å². The van der Waals surface area contributed by atoms with Crippen molar-refractivity contribution < 1.29 is 9.18 Å². The smallest absolute Gasteiger partial charge is 0.175 e. The van der Waals surface area contributed by atoms with E-state index in [0.29, 0.717) is 18.5 Å². The van der Waals surface area contributed by atoms with Crippen molar-refractivity contribution in [2.45, 2.75) is 44.2 Å². The van der Waals surface area contributed by atoms with Gasteiger partial charge in [-0.1, -0.05) is 12.5 Å². The van der Waals surface area contributed by atoms with Gasteiger partial charge in [0.15, 0.2) is 11.5 Å². The number of hydrogen-bond donors (Lipinski definition) is 0. The van der Waals surface area contributed by atoms with Crippen molar-refractivity contribution >= 4 is 16.7 Å². The van der Waals surface area contributed by atoms with E-state index in [1.54, 1.807) is 12.5 Å². The maximum atomic E-state index is 14.9. The van der Waals surface area contributed by atoms with Gasteiger partial charge in [-0.2, -0.15) is 10.2 Å². The molecule has 26 heavy (non-hydrogen) atoms. The molecule has 2 aromatic heterocycles. The molecule has 2 heterocycles. The molecule has 0 aliphatic heterocycles. The minimum absolute atomic E-state index is 0.00459. The maximum absolute atomic E-state index is 14.9. The van der Waals surface area contributed by atoms with Gasteiger partial charge in [0, 0.05) is 18.0 Å². The van der Waals surface area contributed by atoms with Crippen molar-refractivity contribution in [2.24, 2.45) is 7.05 Å². The normalized spacial score (nSPS) is 16.7. The van der Waals surface area contributed by atoms with Crippen molar-refractivity contribution in [3.05, 3.63) is 42.5 Å². The largest absolute Gasteiger partial charge is 0.334 e. The van der Waals surface area contributed by atoms with Gasteiger partial charge in [0.2, 0.25) is 0 Å². The summed E-state index contributed by atoms with van der Waals surface area (Å²) in [5.41, 5.74) is 1.58. The summed E-state index contributed by atoms with van der Waals surface area (Å²) < 4.78 is 16.8. The van der Waals surface area contributed by atoms with Crippen LogP contribution in [-0.4, -0.2) is 31.2 Å². The number of imidazole rings is 1. The monoisotopic (exact) mass is 352 g/mol. The molecule has 1 fully saturated rings. The van der Waals surface area contributed by atoms with Gasteiger partial charge in [-0.15, -0.1) is 0 Å². The number of carbonyl (C=O) groups excluding carboxylic acids is 1. The van der Waals surface area contributed by atoms with Crippen LogP contribution in [0.15, 0.2) is 36.8 Å². The highest BCUT2D eigenvalue weighted by molar-refractivity contribution is 5.90. The molecular formula is C20H21FN4O. The van der Waals surface area contributed by atoms with Gasteiger partial charge < -0.3 is 4.57 Å². The van der Waals surface area contributed by atoms with Crippen molar-refractivity contribution in [1.29, 1.82) is 0 Å². The average Bonchev–Trinajstić information content (AvgIpc) is 3.07. The quantitative estimate of drug-likeness (QED) is 0.716. The summed E-state index contributed by atoms with van der Waals surface area (Å²) in [7, 11) is 1.94. The van der Waals surface area contributed by atoms with E-state index in [1.165, 1.54) is 0 Å². The third-order valence-electron chi connectivity index (χ3n) is 5.24. The molecule has 6 heteroatoms. The zero-order valence-electron chi connectivity index (χ0n) is 14.8. The van der Waals surface area contributed by atoms with Crippen LogP contribution in [0.4, 0.5) is 4.39 Å². The number of rotatable bonds is 4. The highest BCUT2D eigenvalue weighted by Crippen LogP contribution is 2.33. The predicted octanol–water partition coefficient (Wildman–Crippen LogP) is 3.81. The molecule has 0 saturated heterocycles. The third-order valence-corrected chi connectivity index (χ3v) is 5.24. The lowest BCUT2D eigenvalue weighted by Gasteiger charge is -2.27. The topological polar surface area (TPSA) is 60.7 Å². The Balaban J connectivity index is 1.62. The minimum atomic E-state index is -1.69. The van der Waals surface area contributed by atoms with Crippen LogP contribution in [0.2, 0.25) is 0 Å². The van der Waals surface area contributed by atoms with Crippen LogP contribution in [-0.2, 0) is 18.3 Å². The summed E-state index contributed by atoms with van der Waals surface area (Å²) in [5.74, 6) is -0.367. The first-order valence-electron chi connectivity index (χ1n) is 9.00. The first-order valence-corrected chi connectivity index (χ1v) is 9.00. The fourth-order valence-electron chi connectivity index (χ4n) is 3.68. The number of Topliss-reactive ketones (excluding diaryl/α,β-unsaturated/α-hetero) is 1. The molecule has 5 nitrogen and oxygen atoms in total. The number of alkyl halides is 1. The zero-order valence-corrected chi connectivity index (χ0v) is 14.8. The summed E-state index contributed by atoms with van der Waals surface area (Å²) in [4.78, 5) is 16.6. The van der Waals surface area contributed by atoms with E-state index in [-0.39, 0.29) is 12.2 Å². The summed E-state index contributed by atoms with van der Waals surface area (Å²) in [6.45, 7) is 0. The molecule has 0 radical (unpaired) electrons. The van der Waals surface area contributed by atoms with Crippen molar-refractivity contribution in [1.82, 2.24) is 19.7 Å². The van der Waals surface area contributed by atoms with E-state index in [2.05, 4.69) is 15.2 Å². The molecule has 134 valence electrons. The maximum Gasteiger partial charge on any atom is 0.175 e. The molecular weight excluding hydrogens is 331 g/mol. The van der Waals surface area contributed by atoms with Crippen LogP contribution in [0.3, 0.4) is 0 Å². The van der Waals surface area contributed by atoms with Gasteiger partial charge in [-0.3, -0.25) is 4.79 Å². The van der Waals surface area contributed by atoms with Gasteiger partial charge in [-0.05, 0) is 43.9 Å². The number of nitrogens with zero attached hydrogens (tertiary/aromatic N) is 4. The van der Waals surface area contributed by atoms with E-state index < -0.39 is 5.67 Å². The van der Waals surface area contributed by atoms with E-state index >= 15 is 0 Å². The Morgan fingerprint density at radius 3 is 2.73 bits per heavy atom. The molecule has 0 unspecified atom stereocenters. The van der Waals surface area contributed by atoms with Gasteiger partial charge >= 0.3 is 0 Å². The van der Waals surface area contributed by atoms with Gasteiger partial charge in [-0.25, -0.2) is 9.37 Å². The number of benzene rings is 1. The predicted molar refractivity (Wildman–Crippen MR) is 97.4 cm³/mol. The van der Waals surface area contributed by atoms with Crippen LogP contribution in [0.25, 0.3) is 22.2 Å². The molecule has 1 saturated carbocycles. The summed E-state index contributed by atoms with van der Waals surface area (Å²) in [6, 6.07) is 7.71. The lowest BCUT2D eigenvalue weighted by molar-refractivity contribution is -0.132. The van der Waals surface area contributed by atoms with E-state index in [0.717, 1.165) is 41.4 Å². The van der Waals surface area contributed by atoms with Crippen molar-refractivity contribution in [3.63, 3.8) is 0 Å². The SMILES string of the molecule is Cn1cncc1-c1ccc2nnc(CC(=O)C3(F)CCCCC3)cc2c1. The molecule has 3 aromatic rings. The van der Waals surface area contributed by atoms with Crippen LogP contribution in [0.1, 0.15) is 37.8 Å². The number of fused-ring (bicyclic) bond motifs is 1. The van der Waals surface area contributed by atoms with Crippen LogP contribution >= 0.6 is 0 Å². The van der Waals surface area contributed by atoms with Crippen LogP contribution < -0.4 is 0 Å². The highest BCUT2D eigenvalue weighted by atomic mass is 19.1. The summed E-state index contributed by atoms with van der Waals surface area (Å²) in [6.07, 6.45) is 6.77. The Bertz CT molecular complexity index is 959. The Labute approximate surface area is 151 Å². The van der Waals surface area contributed by atoms with E-state index in [9.17, 15) is 9.18 Å². The van der Waals surface area contributed by atoms with Gasteiger partial charge in [0.25, 0.3) is 0 Å². The fourth-order valence-corrected chi connectivity index (χ4v) is 3.68. The Hall–Kier alpha value is -2.63. The molecule has 0 amide bonds. The zero-order chi connectivity index (χ0) is 18.1. The van der Waals surface area contributed by atoms with Crippen LogP contribution in [0, 0.1) is 0 Å². The Kier molecular flexibility index (Phi) is 4.26. The molecule has 0 N–H and O–H groups in total. The summed E-state index contributed by atoms with van der Waals surface area (Å²) >= 11 is 0. The molecule has 0 atom stereocenters. The molecule has 1 aromatic carbocycles. The lowest BCUT2D eigenvalue weighted by Crippen LogP contribution is -2.37. The molecule has 1 aliphatic carbocycles. The number of aryl methyl sites for hydroxylation is 1. The second kappa shape index (κ2) is 6.59. The minimum Gasteiger partial charge on any atom is -0.334 e. The molecule has 0 spiro atoms. The lowest BCUT2D eigenvalue weighted by atomic mass is 9.82. The van der Waals surface area contributed by atoms with E-state index in [1.807, 2.05) is 35.9 Å². The molecule has 0 bridgehead atoms. The van der Waals surface area contributed by atoms with E-state index in [4.69, 9.17) is 0 Å². The van der Waals surface area contributed by atoms with Crippen LogP contribution in [0.5, 0.6) is 0 Å². The second-order valence-corrected chi connectivity index (χ2v) is 7.12. The third kappa shape index (κ3) is 3.11. The number of ketones is 1. The number of aromatic nitrogens is 4. The Morgan fingerprint density at radius 2 is 2.00 bits per heavy atom. The molecule has 4 rings (SSSR count). The number of carbonyl (C=O) groups is 1. The van der Waals surface area contributed by atoms with Crippen molar-refractivity contribution in [2.75, 3.05) is 0 Å². The number of hydrogen-bond acceptors (Lipinski definition) is 4. The first kappa shape index (κ1) is 16.8. The highest BCUT2D eigenvalue weighted by Gasteiger charge is 2.39. The fraction of sp³-hybridized carbons (Fsp3) is 0.400. The standard InChI is InChI=1S/C20H21FN4O/c1-25-13-22-12-18(25)14-5-6-17-15(9-14)10-16(23-24-17)11-19(26)20(21)7-3-2-4-8-20/h5-6,9-10,12-13H,2-4,7-8,11H2,1H3. The molecule has 1 aliphatic rings. The summed E-state index contributed by atoms with van der Waals surface area (Å²) in [5, 5.41) is 9.21. The Morgan fingerprint density at radius 1 is 1.19 bits per heavy atom. The first-order chi connectivity index (χ1) is 12.5. The second-order valence-electron chi connectivity index (χ2n) is 7.12.